The molecule has 0 aliphatic carbocycles. The zero-order valence-electron chi connectivity index (χ0n) is 13.7. The number of carbonyl (C=O) groups excluding carboxylic acids is 1. The Labute approximate surface area is 144 Å². The molecule has 0 radical (unpaired) electrons. The molecule has 1 fully saturated rings. The summed E-state index contributed by atoms with van der Waals surface area (Å²) in [6.45, 7) is 3.69. The minimum atomic E-state index is 0.226. The average Bonchev–Trinajstić information content (AvgIpc) is 3.23. The third kappa shape index (κ3) is 3.06. The van der Waals surface area contributed by atoms with Crippen molar-refractivity contribution < 1.29 is 4.79 Å². The molecular weight excluding hydrogens is 320 g/mol. The van der Waals surface area contributed by atoms with Gasteiger partial charge in [0.15, 0.2) is 5.65 Å². The average molecular weight is 340 g/mol. The lowest BCUT2D eigenvalue weighted by molar-refractivity contribution is -0.131. The summed E-state index contributed by atoms with van der Waals surface area (Å²) in [6, 6.07) is 8.26. The molecule has 1 N–H and O–H groups in total. The van der Waals surface area contributed by atoms with Gasteiger partial charge in [-0.25, -0.2) is 4.98 Å². The number of rotatable bonds is 3. The number of nitrogens with one attached hydrogen (secondary N) is 1. The molecule has 3 aromatic rings. The van der Waals surface area contributed by atoms with E-state index in [4.69, 9.17) is 0 Å². The second-order valence-corrected chi connectivity index (χ2v) is 7.78. The number of fused-ring (bicyclic) bond motifs is 1. The fourth-order valence-electron chi connectivity index (χ4n) is 3.36. The molecule has 6 heteroatoms. The largest absolute Gasteiger partial charge is 0.342 e. The van der Waals surface area contributed by atoms with Crippen molar-refractivity contribution in [3.8, 4) is 0 Å². The Balaban J connectivity index is 1.47. The third-order valence-electron chi connectivity index (χ3n) is 4.64. The predicted octanol–water partition coefficient (Wildman–Crippen LogP) is 3.28. The highest BCUT2D eigenvalue weighted by Crippen LogP contribution is 2.27. The number of nitrogens with zero attached hydrogens (tertiary/aromatic N) is 3. The SMILES string of the molecule is Cc1ccc(CC(=O)N2CCCC(c3ccc4cn[nH]c4n3)C2)s1. The number of likely N-dealkylation sites (tertiary alicyclic amines) is 1. The summed E-state index contributed by atoms with van der Waals surface area (Å²) in [5.74, 6) is 0.532. The summed E-state index contributed by atoms with van der Waals surface area (Å²) < 4.78 is 0. The second-order valence-electron chi connectivity index (χ2n) is 6.41. The van der Waals surface area contributed by atoms with Crippen molar-refractivity contribution in [1.82, 2.24) is 20.1 Å². The van der Waals surface area contributed by atoms with Gasteiger partial charge in [0.25, 0.3) is 0 Å². The molecule has 1 aliphatic heterocycles. The molecule has 0 spiro atoms. The van der Waals surface area contributed by atoms with Crippen LogP contribution in [0.3, 0.4) is 0 Å². The fraction of sp³-hybridized carbons (Fsp3) is 0.389. The van der Waals surface area contributed by atoms with Crippen LogP contribution in [0.25, 0.3) is 11.0 Å². The Hall–Kier alpha value is -2.21. The minimum Gasteiger partial charge on any atom is -0.342 e. The lowest BCUT2D eigenvalue weighted by atomic mass is 9.94. The number of amides is 1. The van der Waals surface area contributed by atoms with Gasteiger partial charge in [-0.2, -0.15) is 5.10 Å². The van der Waals surface area contributed by atoms with E-state index in [2.05, 4.69) is 46.4 Å². The Morgan fingerprint density at radius 3 is 3.12 bits per heavy atom. The summed E-state index contributed by atoms with van der Waals surface area (Å²) >= 11 is 1.71. The van der Waals surface area contributed by atoms with Gasteiger partial charge in [-0.05, 0) is 44.0 Å². The standard InChI is InChI=1S/C18H20N4OS/c1-12-4-6-15(24-12)9-17(23)22-8-2-3-14(11-22)16-7-5-13-10-19-21-18(13)20-16/h4-7,10,14H,2-3,8-9,11H2,1H3,(H,19,20,21). The van der Waals surface area contributed by atoms with Crippen LogP contribution in [0.2, 0.25) is 0 Å². The van der Waals surface area contributed by atoms with E-state index in [0.717, 1.165) is 47.5 Å². The first-order valence-corrected chi connectivity index (χ1v) is 9.14. The van der Waals surface area contributed by atoms with Crippen LogP contribution in [0.4, 0.5) is 0 Å². The molecular formula is C18H20N4OS. The molecule has 1 amide bonds. The molecule has 0 saturated carbocycles. The van der Waals surface area contributed by atoms with Gasteiger partial charge < -0.3 is 4.90 Å². The number of thiophene rings is 1. The molecule has 1 saturated heterocycles. The molecule has 4 heterocycles. The van der Waals surface area contributed by atoms with Crippen LogP contribution in [-0.4, -0.2) is 39.1 Å². The smallest absolute Gasteiger partial charge is 0.227 e. The lowest BCUT2D eigenvalue weighted by Gasteiger charge is -2.32. The van der Waals surface area contributed by atoms with Crippen molar-refractivity contribution in [3.63, 3.8) is 0 Å². The quantitative estimate of drug-likeness (QED) is 0.796. The van der Waals surface area contributed by atoms with Gasteiger partial charge in [-0.15, -0.1) is 11.3 Å². The topological polar surface area (TPSA) is 61.9 Å². The number of aromatic amines is 1. The zero-order chi connectivity index (χ0) is 16.5. The zero-order valence-corrected chi connectivity index (χ0v) is 14.5. The number of pyridine rings is 1. The highest BCUT2D eigenvalue weighted by atomic mass is 32.1. The number of aromatic nitrogens is 3. The van der Waals surface area contributed by atoms with E-state index in [1.54, 1.807) is 17.5 Å². The highest BCUT2D eigenvalue weighted by Gasteiger charge is 2.26. The van der Waals surface area contributed by atoms with E-state index in [0.29, 0.717) is 12.3 Å². The van der Waals surface area contributed by atoms with Gasteiger partial charge in [0.05, 0.1) is 12.6 Å². The molecule has 4 rings (SSSR count). The van der Waals surface area contributed by atoms with Crippen molar-refractivity contribution in [2.75, 3.05) is 13.1 Å². The van der Waals surface area contributed by atoms with E-state index in [9.17, 15) is 4.79 Å². The van der Waals surface area contributed by atoms with Gasteiger partial charge in [0.2, 0.25) is 5.91 Å². The molecule has 1 aliphatic rings. The first-order valence-electron chi connectivity index (χ1n) is 8.32. The molecule has 0 bridgehead atoms. The number of H-pyrrole nitrogens is 1. The van der Waals surface area contributed by atoms with Crippen LogP contribution in [0.1, 0.15) is 34.2 Å². The maximum absolute atomic E-state index is 12.6. The monoisotopic (exact) mass is 340 g/mol. The van der Waals surface area contributed by atoms with E-state index in [1.807, 2.05) is 4.90 Å². The van der Waals surface area contributed by atoms with Crippen LogP contribution in [-0.2, 0) is 11.2 Å². The second kappa shape index (κ2) is 6.36. The summed E-state index contributed by atoms with van der Waals surface area (Å²) in [5, 5.41) is 7.98. The number of carbonyl (C=O) groups is 1. The van der Waals surface area contributed by atoms with Crippen LogP contribution in [0.5, 0.6) is 0 Å². The van der Waals surface area contributed by atoms with E-state index in [1.165, 1.54) is 4.88 Å². The first-order chi connectivity index (χ1) is 11.7. The van der Waals surface area contributed by atoms with Crippen molar-refractivity contribution in [1.29, 1.82) is 0 Å². The maximum atomic E-state index is 12.6. The number of aryl methyl sites for hydroxylation is 1. The summed E-state index contributed by atoms with van der Waals surface area (Å²) in [4.78, 5) is 21.7. The van der Waals surface area contributed by atoms with E-state index < -0.39 is 0 Å². The Bertz CT molecular complexity index is 869. The van der Waals surface area contributed by atoms with Crippen molar-refractivity contribution in [2.24, 2.45) is 0 Å². The Morgan fingerprint density at radius 2 is 2.29 bits per heavy atom. The van der Waals surface area contributed by atoms with Crippen LogP contribution in [0.15, 0.2) is 30.5 Å². The van der Waals surface area contributed by atoms with Crippen molar-refractivity contribution >= 4 is 28.3 Å². The Morgan fingerprint density at radius 1 is 1.38 bits per heavy atom. The van der Waals surface area contributed by atoms with E-state index in [-0.39, 0.29) is 5.91 Å². The van der Waals surface area contributed by atoms with Gasteiger partial charge in [-0.1, -0.05) is 0 Å². The van der Waals surface area contributed by atoms with Gasteiger partial charge in [-0.3, -0.25) is 9.89 Å². The first kappa shape index (κ1) is 15.3. The van der Waals surface area contributed by atoms with E-state index >= 15 is 0 Å². The predicted molar refractivity (Wildman–Crippen MR) is 95.2 cm³/mol. The number of piperidine rings is 1. The molecule has 24 heavy (non-hydrogen) atoms. The number of hydrogen-bond donors (Lipinski definition) is 1. The van der Waals surface area contributed by atoms with Crippen LogP contribution >= 0.6 is 11.3 Å². The molecule has 0 aromatic carbocycles. The third-order valence-corrected chi connectivity index (χ3v) is 5.64. The molecule has 1 unspecified atom stereocenters. The molecule has 124 valence electrons. The summed E-state index contributed by atoms with van der Waals surface area (Å²) in [7, 11) is 0. The Kier molecular flexibility index (Phi) is 4.06. The summed E-state index contributed by atoms with van der Waals surface area (Å²) in [6.07, 6.45) is 4.40. The normalized spacial score (nSPS) is 18.2. The van der Waals surface area contributed by atoms with Crippen LogP contribution < -0.4 is 0 Å². The van der Waals surface area contributed by atoms with Crippen LogP contribution in [0, 0.1) is 6.92 Å². The van der Waals surface area contributed by atoms with Crippen molar-refractivity contribution in [2.45, 2.75) is 32.1 Å². The van der Waals surface area contributed by atoms with Gasteiger partial charge in [0.1, 0.15) is 0 Å². The van der Waals surface area contributed by atoms with Gasteiger partial charge >= 0.3 is 0 Å². The minimum absolute atomic E-state index is 0.226. The molecule has 1 atom stereocenters. The number of hydrogen-bond acceptors (Lipinski definition) is 4. The van der Waals surface area contributed by atoms with Gasteiger partial charge in [0, 0.05) is 39.8 Å². The maximum Gasteiger partial charge on any atom is 0.227 e. The summed E-state index contributed by atoms with van der Waals surface area (Å²) in [5.41, 5.74) is 1.88. The van der Waals surface area contributed by atoms with Crippen molar-refractivity contribution in [3.05, 3.63) is 45.9 Å². The highest BCUT2D eigenvalue weighted by molar-refractivity contribution is 7.12. The lowest BCUT2D eigenvalue weighted by Crippen LogP contribution is -2.40. The molecule has 5 nitrogen and oxygen atoms in total. The molecule has 3 aromatic heterocycles. The fourth-order valence-corrected chi connectivity index (χ4v) is 4.24.